The van der Waals surface area contributed by atoms with Crippen LogP contribution in [0.4, 0.5) is 0 Å². The summed E-state index contributed by atoms with van der Waals surface area (Å²) in [4.78, 5) is 1.55. The van der Waals surface area contributed by atoms with E-state index < -0.39 is 0 Å². The molecule has 0 aromatic heterocycles. The smallest absolute Gasteiger partial charge is 0.161 e. The zero-order valence-electron chi connectivity index (χ0n) is 13.6. The number of nitrogens with one attached hydrogen (secondary N) is 1. The van der Waals surface area contributed by atoms with Crippen LogP contribution in [0.2, 0.25) is 0 Å². The van der Waals surface area contributed by atoms with Gasteiger partial charge in [-0.2, -0.15) is 0 Å². The maximum Gasteiger partial charge on any atom is 0.161 e. The highest BCUT2D eigenvalue weighted by Gasteiger charge is 2.15. The first kappa shape index (κ1) is 15.8. The molecule has 1 N–H and O–H groups in total. The first-order valence-electron chi connectivity index (χ1n) is 8.10. The number of hydrogen-bond acceptors (Lipinski definition) is 3. The highest BCUT2D eigenvalue weighted by molar-refractivity contribution is 5.42. The number of hydrogen-bond donors (Lipinski definition) is 1. The average Bonchev–Trinajstić information content (AvgIpc) is 2.62. The Hall–Kier alpha value is -2.04. The Morgan fingerprint density at radius 1 is 0.957 bits per heavy atom. The summed E-state index contributed by atoms with van der Waals surface area (Å²) < 4.78 is 16.8. The lowest BCUT2D eigenvalue weighted by atomic mass is 10.1. The minimum Gasteiger partial charge on any atom is -0.493 e. The van der Waals surface area contributed by atoms with Crippen LogP contribution in [0, 0.1) is 0 Å². The van der Waals surface area contributed by atoms with E-state index >= 15 is 0 Å². The van der Waals surface area contributed by atoms with Crippen molar-refractivity contribution in [2.75, 3.05) is 33.4 Å². The fourth-order valence-corrected chi connectivity index (χ4v) is 2.80. The molecule has 2 aromatic carbocycles. The number of benzene rings is 2. The van der Waals surface area contributed by atoms with Crippen molar-refractivity contribution in [2.24, 2.45) is 0 Å². The molecule has 0 bridgehead atoms. The summed E-state index contributed by atoms with van der Waals surface area (Å²) in [7, 11) is 1.69. The van der Waals surface area contributed by atoms with Crippen molar-refractivity contribution < 1.29 is 19.1 Å². The molecule has 122 valence electrons. The molecule has 1 fully saturated rings. The van der Waals surface area contributed by atoms with Crippen LogP contribution in [0.1, 0.15) is 11.1 Å². The van der Waals surface area contributed by atoms with Gasteiger partial charge >= 0.3 is 0 Å². The van der Waals surface area contributed by atoms with Crippen LogP contribution in [-0.4, -0.2) is 33.4 Å². The number of methoxy groups -OCH3 is 1. The number of quaternary nitrogens is 1. The SMILES string of the molecule is COc1cc(C[NH+]2CCOCC2)ccc1OCc1ccccc1. The lowest BCUT2D eigenvalue weighted by molar-refractivity contribution is -0.921. The Bertz CT molecular complexity index is 609. The molecule has 4 nitrogen and oxygen atoms in total. The van der Waals surface area contributed by atoms with E-state index in [1.54, 1.807) is 12.0 Å². The van der Waals surface area contributed by atoms with Crippen LogP contribution in [0.25, 0.3) is 0 Å². The van der Waals surface area contributed by atoms with E-state index in [0.29, 0.717) is 6.61 Å². The molecule has 0 spiro atoms. The van der Waals surface area contributed by atoms with Gasteiger partial charge in [0, 0.05) is 5.56 Å². The standard InChI is InChI=1S/C19H23NO3/c1-21-19-13-17(14-20-9-11-22-12-10-20)7-8-18(19)23-15-16-5-3-2-4-6-16/h2-8,13H,9-12,14-15H2,1H3/p+1. The maximum absolute atomic E-state index is 5.91. The molecule has 1 saturated heterocycles. The van der Waals surface area contributed by atoms with Gasteiger partial charge in [-0.05, 0) is 23.8 Å². The van der Waals surface area contributed by atoms with Gasteiger partial charge in [-0.1, -0.05) is 30.3 Å². The molecule has 1 aliphatic rings. The summed E-state index contributed by atoms with van der Waals surface area (Å²) in [5, 5.41) is 0. The average molecular weight is 314 g/mol. The highest BCUT2D eigenvalue weighted by atomic mass is 16.5. The predicted molar refractivity (Wildman–Crippen MR) is 89.0 cm³/mol. The highest BCUT2D eigenvalue weighted by Crippen LogP contribution is 2.28. The number of rotatable bonds is 6. The van der Waals surface area contributed by atoms with Crippen molar-refractivity contribution >= 4 is 0 Å². The lowest BCUT2D eigenvalue weighted by Gasteiger charge is -2.24. The molecule has 4 heteroatoms. The third-order valence-corrected chi connectivity index (χ3v) is 4.12. The molecule has 3 rings (SSSR count). The second kappa shape index (κ2) is 7.99. The molecule has 0 atom stereocenters. The van der Waals surface area contributed by atoms with Crippen molar-refractivity contribution in [1.29, 1.82) is 0 Å². The molecule has 1 aliphatic heterocycles. The Balaban J connectivity index is 1.64. The molecule has 0 aliphatic carbocycles. The van der Waals surface area contributed by atoms with Crippen LogP contribution in [0.15, 0.2) is 48.5 Å². The minimum absolute atomic E-state index is 0.547. The van der Waals surface area contributed by atoms with Gasteiger partial charge in [-0.3, -0.25) is 0 Å². The first-order valence-corrected chi connectivity index (χ1v) is 8.10. The van der Waals surface area contributed by atoms with Gasteiger partial charge in [-0.25, -0.2) is 0 Å². The van der Waals surface area contributed by atoms with Crippen LogP contribution in [0.3, 0.4) is 0 Å². The van der Waals surface area contributed by atoms with E-state index in [1.807, 2.05) is 24.3 Å². The van der Waals surface area contributed by atoms with E-state index in [2.05, 4.69) is 24.3 Å². The Morgan fingerprint density at radius 3 is 2.48 bits per heavy atom. The quantitative estimate of drug-likeness (QED) is 0.881. The van der Waals surface area contributed by atoms with Crippen LogP contribution in [-0.2, 0) is 17.9 Å². The summed E-state index contributed by atoms with van der Waals surface area (Å²) in [6.45, 7) is 5.38. The van der Waals surface area contributed by atoms with E-state index in [9.17, 15) is 0 Å². The first-order chi connectivity index (χ1) is 11.3. The van der Waals surface area contributed by atoms with Gasteiger partial charge in [0.15, 0.2) is 11.5 Å². The number of ether oxygens (including phenoxy) is 3. The summed E-state index contributed by atoms with van der Waals surface area (Å²) in [5.74, 6) is 1.59. The molecular weight excluding hydrogens is 290 g/mol. The van der Waals surface area contributed by atoms with Gasteiger partial charge in [0.05, 0.1) is 20.3 Å². The molecule has 2 aromatic rings. The zero-order valence-corrected chi connectivity index (χ0v) is 13.6. The van der Waals surface area contributed by atoms with Crippen molar-refractivity contribution in [2.45, 2.75) is 13.2 Å². The summed E-state index contributed by atoms with van der Waals surface area (Å²) in [5.41, 5.74) is 2.42. The summed E-state index contributed by atoms with van der Waals surface area (Å²) >= 11 is 0. The van der Waals surface area contributed by atoms with Gasteiger partial charge in [0.1, 0.15) is 26.2 Å². The van der Waals surface area contributed by atoms with E-state index in [1.165, 1.54) is 5.56 Å². The molecule has 1 heterocycles. The molecule has 23 heavy (non-hydrogen) atoms. The second-order valence-corrected chi connectivity index (χ2v) is 5.80. The molecular formula is C19H24NO3+. The van der Waals surface area contributed by atoms with Crippen molar-refractivity contribution in [1.82, 2.24) is 0 Å². The Labute approximate surface area is 137 Å². The van der Waals surface area contributed by atoms with Crippen LogP contribution >= 0.6 is 0 Å². The van der Waals surface area contributed by atoms with Crippen LogP contribution in [0.5, 0.6) is 11.5 Å². The number of morpholine rings is 1. The summed E-state index contributed by atoms with van der Waals surface area (Å²) in [6.07, 6.45) is 0. The summed E-state index contributed by atoms with van der Waals surface area (Å²) in [6, 6.07) is 16.4. The van der Waals surface area contributed by atoms with E-state index in [4.69, 9.17) is 14.2 Å². The minimum atomic E-state index is 0.547. The topological polar surface area (TPSA) is 32.1 Å². The van der Waals surface area contributed by atoms with Crippen molar-refractivity contribution in [3.05, 3.63) is 59.7 Å². The lowest BCUT2D eigenvalue weighted by Crippen LogP contribution is -3.12. The predicted octanol–water partition coefficient (Wildman–Crippen LogP) is 1.69. The normalized spacial score (nSPS) is 15.3. The van der Waals surface area contributed by atoms with E-state index in [-0.39, 0.29) is 0 Å². The Kier molecular flexibility index (Phi) is 5.51. The second-order valence-electron chi connectivity index (χ2n) is 5.80. The van der Waals surface area contributed by atoms with Gasteiger partial charge in [0.25, 0.3) is 0 Å². The third-order valence-electron chi connectivity index (χ3n) is 4.12. The van der Waals surface area contributed by atoms with Crippen LogP contribution < -0.4 is 14.4 Å². The van der Waals surface area contributed by atoms with Gasteiger partial charge < -0.3 is 19.1 Å². The Morgan fingerprint density at radius 2 is 1.74 bits per heavy atom. The fraction of sp³-hybridized carbons (Fsp3) is 0.368. The van der Waals surface area contributed by atoms with Crippen molar-refractivity contribution in [3.8, 4) is 11.5 Å². The molecule has 0 radical (unpaired) electrons. The molecule has 0 saturated carbocycles. The monoisotopic (exact) mass is 314 g/mol. The van der Waals surface area contributed by atoms with Gasteiger partial charge in [0.2, 0.25) is 0 Å². The maximum atomic E-state index is 5.91. The molecule has 0 amide bonds. The van der Waals surface area contributed by atoms with E-state index in [0.717, 1.165) is 49.9 Å². The molecule has 0 unspecified atom stereocenters. The largest absolute Gasteiger partial charge is 0.493 e. The zero-order chi connectivity index (χ0) is 15.9. The van der Waals surface area contributed by atoms with Gasteiger partial charge in [-0.15, -0.1) is 0 Å². The fourth-order valence-electron chi connectivity index (χ4n) is 2.80. The van der Waals surface area contributed by atoms with Crippen molar-refractivity contribution in [3.63, 3.8) is 0 Å². The third kappa shape index (κ3) is 4.47.